The fourth-order valence-corrected chi connectivity index (χ4v) is 3.14. The number of hydrogen-bond donors (Lipinski definition) is 1. The van der Waals surface area contributed by atoms with Crippen LogP contribution in [0.25, 0.3) is 0 Å². The van der Waals surface area contributed by atoms with E-state index < -0.39 is 0 Å². The van der Waals surface area contributed by atoms with E-state index in [1.54, 1.807) is 11.3 Å². The van der Waals surface area contributed by atoms with E-state index in [1.165, 1.54) is 0 Å². The minimum Gasteiger partial charge on any atom is -0.338 e. The molecule has 2 rings (SSSR count). The Hall–Kier alpha value is -0.940. The van der Waals surface area contributed by atoms with Gasteiger partial charge in [0.25, 0.3) is 0 Å². The third-order valence-corrected chi connectivity index (χ3v) is 4.28. The third kappa shape index (κ3) is 3.29. The summed E-state index contributed by atoms with van der Waals surface area (Å²) in [6, 6.07) is 0.277. The largest absolute Gasteiger partial charge is 0.338 e. The highest BCUT2D eigenvalue weighted by Gasteiger charge is 2.26. The molecule has 18 heavy (non-hydrogen) atoms. The van der Waals surface area contributed by atoms with Gasteiger partial charge in [0, 0.05) is 30.9 Å². The Morgan fingerprint density at radius 1 is 1.67 bits per heavy atom. The number of likely N-dealkylation sites (tertiary alicyclic amines) is 1. The summed E-state index contributed by atoms with van der Waals surface area (Å²) in [6.45, 7) is 3.49. The van der Waals surface area contributed by atoms with E-state index in [9.17, 15) is 4.79 Å². The van der Waals surface area contributed by atoms with Crippen LogP contribution < -0.4 is 5.73 Å². The van der Waals surface area contributed by atoms with Crippen LogP contribution in [0.4, 0.5) is 0 Å². The van der Waals surface area contributed by atoms with E-state index in [0.29, 0.717) is 13.0 Å². The summed E-state index contributed by atoms with van der Waals surface area (Å²) in [5, 5.41) is 3.18. The van der Waals surface area contributed by atoms with Crippen LogP contribution in [0, 0.1) is 6.92 Å². The monoisotopic (exact) mass is 267 g/mol. The molecule has 1 aliphatic rings. The molecular weight excluding hydrogens is 246 g/mol. The first-order valence-corrected chi connectivity index (χ1v) is 7.49. The van der Waals surface area contributed by atoms with Crippen LogP contribution >= 0.6 is 11.3 Å². The molecule has 1 aromatic rings. The van der Waals surface area contributed by atoms with E-state index in [2.05, 4.69) is 10.4 Å². The van der Waals surface area contributed by atoms with Crippen LogP contribution in [0.1, 0.15) is 36.4 Å². The van der Waals surface area contributed by atoms with Crippen LogP contribution in [0.3, 0.4) is 0 Å². The molecule has 1 unspecified atom stereocenters. The normalized spacial score (nSPS) is 19.4. The Bertz CT molecular complexity index is 405. The zero-order valence-corrected chi connectivity index (χ0v) is 11.7. The molecule has 1 aliphatic heterocycles. The van der Waals surface area contributed by atoms with Crippen molar-refractivity contribution in [3.05, 3.63) is 16.1 Å². The summed E-state index contributed by atoms with van der Waals surface area (Å²) in [5.41, 5.74) is 6.80. The number of thiazole rings is 1. The molecule has 0 aromatic carbocycles. The molecule has 100 valence electrons. The van der Waals surface area contributed by atoms with Gasteiger partial charge in [0.15, 0.2) is 0 Å². The van der Waals surface area contributed by atoms with Gasteiger partial charge < -0.3 is 10.6 Å². The number of carbonyl (C=O) groups is 1. The lowest BCUT2D eigenvalue weighted by Gasteiger charge is -2.23. The van der Waals surface area contributed by atoms with Gasteiger partial charge in [-0.3, -0.25) is 4.79 Å². The van der Waals surface area contributed by atoms with Gasteiger partial charge in [-0.25, -0.2) is 4.98 Å². The van der Waals surface area contributed by atoms with Crippen molar-refractivity contribution in [1.82, 2.24) is 9.88 Å². The van der Waals surface area contributed by atoms with Gasteiger partial charge in [-0.2, -0.15) is 0 Å². The predicted octanol–water partition coefficient (Wildman–Crippen LogP) is 1.72. The Morgan fingerprint density at radius 2 is 2.50 bits per heavy atom. The SMILES string of the molecule is Cc1nc(CCCC(=O)N2CCCC2CN)cs1. The lowest BCUT2D eigenvalue weighted by Crippen LogP contribution is -2.39. The molecule has 1 amide bonds. The third-order valence-electron chi connectivity index (χ3n) is 3.46. The minimum atomic E-state index is 0.259. The maximum Gasteiger partial charge on any atom is 0.222 e. The fourth-order valence-electron chi connectivity index (χ4n) is 2.50. The number of carbonyl (C=O) groups excluding carboxylic acids is 1. The predicted molar refractivity (Wildman–Crippen MR) is 73.6 cm³/mol. The van der Waals surface area contributed by atoms with Crippen LogP contribution in [-0.2, 0) is 11.2 Å². The van der Waals surface area contributed by atoms with Crippen molar-refractivity contribution >= 4 is 17.2 Å². The molecule has 5 heteroatoms. The van der Waals surface area contributed by atoms with Gasteiger partial charge in [0.2, 0.25) is 5.91 Å². The molecule has 0 bridgehead atoms. The summed E-state index contributed by atoms with van der Waals surface area (Å²) in [7, 11) is 0. The maximum absolute atomic E-state index is 12.1. The molecule has 1 saturated heterocycles. The summed E-state index contributed by atoms with van der Waals surface area (Å²) >= 11 is 1.67. The van der Waals surface area contributed by atoms with E-state index in [-0.39, 0.29) is 11.9 Å². The highest BCUT2D eigenvalue weighted by molar-refractivity contribution is 7.09. The van der Waals surface area contributed by atoms with Crippen molar-refractivity contribution < 1.29 is 4.79 Å². The molecule has 0 aliphatic carbocycles. The molecule has 4 nitrogen and oxygen atoms in total. The summed E-state index contributed by atoms with van der Waals surface area (Å²) in [6.07, 6.45) is 4.56. The number of nitrogens with zero attached hydrogens (tertiary/aromatic N) is 2. The van der Waals surface area contributed by atoms with E-state index in [1.807, 2.05) is 11.8 Å². The van der Waals surface area contributed by atoms with Gasteiger partial charge in [-0.15, -0.1) is 11.3 Å². The van der Waals surface area contributed by atoms with Crippen LogP contribution in [0.5, 0.6) is 0 Å². The second-order valence-corrected chi connectivity index (χ2v) is 5.89. The van der Waals surface area contributed by atoms with Crippen molar-refractivity contribution in [2.24, 2.45) is 5.73 Å². The summed E-state index contributed by atoms with van der Waals surface area (Å²) in [4.78, 5) is 18.4. The van der Waals surface area contributed by atoms with Crippen molar-refractivity contribution in [2.75, 3.05) is 13.1 Å². The highest BCUT2D eigenvalue weighted by Crippen LogP contribution is 2.18. The zero-order valence-electron chi connectivity index (χ0n) is 10.9. The first-order chi connectivity index (χ1) is 8.70. The number of aryl methyl sites for hydroxylation is 2. The molecule has 0 radical (unpaired) electrons. The molecular formula is C13H21N3OS. The first kappa shape index (κ1) is 13.5. The maximum atomic E-state index is 12.1. The lowest BCUT2D eigenvalue weighted by molar-refractivity contribution is -0.131. The molecule has 1 aromatic heterocycles. The second kappa shape index (κ2) is 6.29. The van der Waals surface area contributed by atoms with E-state index in [4.69, 9.17) is 5.73 Å². The van der Waals surface area contributed by atoms with Crippen LogP contribution in [0.15, 0.2) is 5.38 Å². The zero-order chi connectivity index (χ0) is 13.0. The smallest absolute Gasteiger partial charge is 0.222 e. The van der Waals surface area contributed by atoms with Crippen molar-refractivity contribution in [3.8, 4) is 0 Å². The van der Waals surface area contributed by atoms with Crippen LogP contribution in [-0.4, -0.2) is 34.9 Å². The molecule has 1 atom stereocenters. The Balaban J connectivity index is 1.74. The number of rotatable bonds is 5. The van der Waals surface area contributed by atoms with Gasteiger partial charge in [-0.05, 0) is 32.6 Å². The van der Waals surface area contributed by atoms with Gasteiger partial charge in [0.05, 0.1) is 10.7 Å². The number of hydrogen-bond acceptors (Lipinski definition) is 4. The Morgan fingerprint density at radius 3 is 3.17 bits per heavy atom. The average Bonchev–Trinajstić information content (AvgIpc) is 2.97. The molecule has 0 saturated carbocycles. The highest BCUT2D eigenvalue weighted by atomic mass is 32.1. The number of aromatic nitrogens is 1. The Kier molecular flexibility index (Phi) is 4.72. The average molecular weight is 267 g/mol. The number of nitrogens with two attached hydrogens (primary N) is 1. The fraction of sp³-hybridized carbons (Fsp3) is 0.692. The molecule has 2 N–H and O–H groups in total. The lowest BCUT2D eigenvalue weighted by atomic mass is 10.1. The summed E-state index contributed by atoms with van der Waals surface area (Å²) < 4.78 is 0. The van der Waals surface area contributed by atoms with Crippen molar-refractivity contribution in [3.63, 3.8) is 0 Å². The molecule has 0 spiro atoms. The van der Waals surface area contributed by atoms with Crippen LogP contribution in [0.2, 0.25) is 0 Å². The quantitative estimate of drug-likeness (QED) is 0.883. The van der Waals surface area contributed by atoms with E-state index in [0.717, 1.165) is 42.9 Å². The summed E-state index contributed by atoms with van der Waals surface area (Å²) in [5.74, 6) is 0.259. The van der Waals surface area contributed by atoms with Gasteiger partial charge in [0.1, 0.15) is 0 Å². The van der Waals surface area contributed by atoms with Gasteiger partial charge >= 0.3 is 0 Å². The minimum absolute atomic E-state index is 0.259. The van der Waals surface area contributed by atoms with Crippen molar-refractivity contribution in [2.45, 2.75) is 45.1 Å². The molecule has 1 fully saturated rings. The molecule has 2 heterocycles. The first-order valence-electron chi connectivity index (χ1n) is 6.61. The van der Waals surface area contributed by atoms with E-state index >= 15 is 0 Å². The standard InChI is InChI=1S/C13H21N3OS/c1-10-15-11(9-18-10)4-2-6-13(17)16-7-3-5-12(16)8-14/h9,12H,2-8,14H2,1H3. The number of amides is 1. The topological polar surface area (TPSA) is 59.2 Å². The van der Waals surface area contributed by atoms with Crippen molar-refractivity contribution in [1.29, 1.82) is 0 Å². The second-order valence-electron chi connectivity index (χ2n) is 4.83. The van der Waals surface area contributed by atoms with Gasteiger partial charge in [-0.1, -0.05) is 0 Å². The Labute approximate surface area is 112 Å².